The van der Waals surface area contributed by atoms with Crippen molar-refractivity contribution in [3.8, 4) is 6.07 Å². The number of hydrogen-bond donors (Lipinski definition) is 1. The predicted octanol–water partition coefficient (Wildman–Crippen LogP) is 1.41. The van der Waals surface area contributed by atoms with E-state index in [9.17, 15) is 8.42 Å². The van der Waals surface area contributed by atoms with Crippen molar-refractivity contribution >= 4 is 9.84 Å². The van der Waals surface area contributed by atoms with Crippen LogP contribution in [0.25, 0.3) is 0 Å². The third-order valence-electron chi connectivity index (χ3n) is 3.13. The molecule has 4 nitrogen and oxygen atoms in total. The molecule has 1 aliphatic rings. The molecule has 2 rings (SSSR count). The first-order valence-electron chi connectivity index (χ1n) is 6.00. The first-order chi connectivity index (χ1) is 8.53. The van der Waals surface area contributed by atoms with Gasteiger partial charge >= 0.3 is 0 Å². The van der Waals surface area contributed by atoms with Crippen molar-refractivity contribution < 1.29 is 8.42 Å². The maximum absolute atomic E-state index is 11.8. The van der Waals surface area contributed by atoms with Crippen LogP contribution in [-0.2, 0) is 22.8 Å². The predicted molar refractivity (Wildman–Crippen MR) is 68.7 cm³/mol. The van der Waals surface area contributed by atoms with E-state index >= 15 is 0 Å². The van der Waals surface area contributed by atoms with Crippen molar-refractivity contribution in [2.75, 3.05) is 5.75 Å². The van der Waals surface area contributed by atoms with Crippen LogP contribution < -0.4 is 5.32 Å². The van der Waals surface area contributed by atoms with E-state index in [4.69, 9.17) is 5.26 Å². The van der Waals surface area contributed by atoms with Gasteiger partial charge in [-0.2, -0.15) is 5.26 Å². The topological polar surface area (TPSA) is 70.0 Å². The number of benzene rings is 1. The highest BCUT2D eigenvalue weighted by Gasteiger charge is 2.23. The van der Waals surface area contributed by atoms with Gasteiger partial charge in [0, 0.05) is 6.54 Å². The number of aryl methyl sites for hydroxylation is 1. The standard InChI is InChI=1S/C13H16N2O2S/c1-10(8-14)15-9-11-4-5-13-12(7-11)3-2-6-18(13,16)17/h4-5,7,10,15H,2-3,6,9H2,1H3. The molecule has 1 aromatic rings. The molecule has 0 spiro atoms. The van der Waals surface area contributed by atoms with Crippen LogP contribution in [0.15, 0.2) is 23.1 Å². The molecule has 1 unspecified atom stereocenters. The Morgan fingerprint density at radius 1 is 1.50 bits per heavy atom. The van der Waals surface area contributed by atoms with Crippen LogP contribution in [0.4, 0.5) is 0 Å². The quantitative estimate of drug-likeness (QED) is 0.896. The SMILES string of the molecule is CC(C#N)NCc1ccc2c(c1)CCCS2(=O)=O. The Morgan fingerprint density at radius 3 is 3.00 bits per heavy atom. The average Bonchev–Trinajstić information content (AvgIpc) is 2.35. The maximum Gasteiger partial charge on any atom is 0.178 e. The summed E-state index contributed by atoms with van der Waals surface area (Å²) in [6.45, 7) is 2.38. The number of fused-ring (bicyclic) bond motifs is 1. The molecule has 1 heterocycles. The lowest BCUT2D eigenvalue weighted by atomic mass is 10.1. The molecular weight excluding hydrogens is 248 g/mol. The van der Waals surface area contributed by atoms with E-state index in [1.807, 2.05) is 12.1 Å². The molecular formula is C13H16N2O2S. The summed E-state index contributed by atoms with van der Waals surface area (Å²) in [4.78, 5) is 0.478. The van der Waals surface area contributed by atoms with Crippen LogP contribution in [0.2, 0.25) is 0 Å². The molecule has 0 amide bonds. The second kappa shape index (κ2) is 5.09. The van der Waals surface area contributed by atoms with Gasteiger partial charge in [0.2, 0.25) is 0 Å². The Bertz CT molecular complexity index is 587. The van der Waals surface area contributed by atoms with Crippen molar-refractivity contribution in [3.63, 3.8) is 0 Å². The highest BCUT2D eigenvalue weighted by atomic mass is 32.2. The van der Waals surface area contributed by atoms with Crippen molar-refractivity contribution in [1.29, 1.82) is 5.26 Å². The minimum Gasteiger partial charge on any atom is -0.298 e. The fourth-order valence-corrected chi connectivity index (χ4v) is 3.70. The van der Waals surface area contributed by atoms with Gasteiger partial charge in [-0.1, -0.05) is 12.1 Å². The molecule has 0 saturated heterocycles. The van der Waals surface area contributed by atoms with E-state index in [0.717, 1.165) is 17.5 Å². The van der Waals surface area contributed by atoms with Crippen molar-refractivity contribution in [3.05, 3.63) is 29.3 Å². The van der Waals surface area contributed by atoms with Crippen molar-refractivity contribution in [2.24, 2.45) is 0 Å². The third-order valence-corrected chi connectivity index (χ3v) is 5.02. The minimum atomic E-state index is -3.07. The summed E-state index contributed by atoms with van der Waals surface area (Å²) in [5.74, 6) is 0.253. The summed E-state index contributed by atoms with van der Waals surface area (Å²) >= 11 is 0. The molecule has 96 valence electrons. The molecule has 0 aromatic heterocycles. The number of nitriles is 1. The Hall–Kier alpha value is -1.38. The monoisotopic (exact) mass is 264 g/mol. The van der Waals surface area contributed by atoms with Gasteiger partial charge in [0.25, 0.3) is 0 Å². The molecule has 0 fully saturated rings. The number of nitrogens with one attached hydrogen (secondary N) is 1. The number of sulfone groups is 1. The van der Waals surface area contributed by atoms with E-state index < -0.39 is 9.84 Å². The zero-order chi connectivity index (χ0) is 13.2. The third kappa shape index (κ3) is 2.71. The summed E-state index contributed by atoms with van der Waals surface area (Å²) in [5.41, 5.74) is 1.93. The Kier molecular flexibility index (Phi) is 3.69. The smallest absolute Gasteiger partial charge is 0.178 e. The maximum atomic E-state index is 11.8. The summed E-state index contributed by atoms with van der Waals surface area (Å²) in [6, 6.07) is 7.34. The van der Waals surface area contributed by atoms with Crippen LogP contribution in [0, 0.1) is 11.3 Å². The van der Waals surface area contributed by atoms with Gasteiger partial charge in [-0.15, -0.1) is 0 Å². The molecule has 0 saturated carbocycles. The number of hydrogen-bond acceptors (Lipinski definition) is 4. The van der Waals surface area contributed by atoms with Crippen LogP contribution in [0.3, 0.4) is 0 Å². The summed E-state index contributed by atoms with van der Waals surface area (Å²) in [7, 11) is -3.07. The minimum absolute atomic E-state index is 0.204. The van der Waals surface area contributed by atoms with Gasteiger partial charge < -0.3 is 0 Å². The number of nitrogens with zero attached hydrogens (tertiary/aromatic N) is 1. The Balaban J connectivity index is 2.21. The lowest BCUT2D eigenvalue weighted by molar-refractivity contribution is 0.586. The summed E-state index contributed by atoms with van der Waals surface area (Å²) in [6.07, 6.45) is 1.51. The van der Waals surface area contributed by atoms with Crippen LogP contribution in [-0.4, -0.2) is 20.2 Å². The molecule has 1 N–H and O–H groups in total. The second-order valence-electron chi connectivity index (χ2n) is 4.60. The van der Waals surface area contributed by atoms with Gasteiger partial charge in [-0.25, -0.2) is 8.42 Å². The fraction of sp³-hybridized carbons (Fsp3) is 0.462. The molecule has 0 bridgehead atoms. The van der Waals surface area contributed by atoms with Crippen LogP contribution >= 0.6 is 0 Å². The van der Waals surface area contributed by atoms with E-state index in [1.54, 1.807) is 13.0 Å². The fourth-order valence-electron chi connectivity index (χ4n) is 2.12. The first-order valence-corrected chi connectivity index (χ1v) is 7.66. The van der Waals surface area contributed by atoms with Crippen LogP contribution in [0.1, 0.15) is 24.5 Å². The van der Waals surface area contributed by atoms with E-state index in [1.165, 1.54) is 0 Å². The normalized spacial score (nSPS) is 18.7. The highest BCUT2D eigenvalue weighted by molar-refractivity contribution is 7.91. The van der Waals surface area contributed by atoms with Gasteiger partial charge in [-0.05, 0) is 37.0 Å². The van der Waals surface area contributed by atoms with Gasteiger partial charge in [0.05, 0.1) is 22.8 Å². The molecule has 1 aromatic carbocycles. The lowest BCUT2D eigenvalue weighted by Gasteiger charge is -2.17. The van der Waals surface area contributed by atoms with Crippen LogP contribution in [0.5, 0.6) is 0 Å². The molecule has 0 aliphatic carbocycles. The van der Waals surface area contributed by atoms with E-state index in [0.29, 0.717) is 17.9 Å². The highest BCUT2D eigenvalue weighted by Crippen LogP contribution is 2.25. The van der Waals surface area contributed by atoms with Gasteiger partial charge in [0.1, 0.15) is 0 Å². The van der Waals surface area contributed by atoms with E-state index in [-0.39, 0.29) is 11.8 Å². The average molecular weight is 264 g/mol. The summed E-state index contributed by atoms with van der Waals surface area (Å²) in [5, 5.41) is 11.7. The molecule has 0 radical (unpaired) electrons. The zero-order valence-corrected chi connectivity index (χ0v) is 11.1. The second-order valence-corrected chi connectivity index (χ2v) is 6.67. The summed E-state index contributed by atoms with van der Waals surface area (Å²) < 4.78 is 23.7. The first kappa shape index (κ1) is 13.1. The Morgan fingerprint density at radius 2 is 2.28 bits per heavy atom. The lowest BCUT2D eigenvalue weighted by Crippen LogP contribution is -2.24. The van der Waals surface area contributed by atoms with Gasteiger partial charge in [0.15, 0.2) is 9.84 Å². The van der Waals surface area contributed by atoms with Crippen molar-refractivity contribution in [2.45, 2.75) is 37.2 Å². The van der Waals surface area contributed by atoms with E-state index in [2.05, 4.69) is 11.4 Å². The van der Waals surface area contributed by atoms with Crippen molar-refractivity contribution in [1.82, 2.24) is 5.32 Å². The Labute approximate surface area is 108 Å². The molecule has 18 heavy (non-hydrogen) atoms. The largest absolute Gasteiger partial charge is 0.298 e. The zero-order valence-electron chi connectivity index (χ0n) is 10.3. The number of rotatable bonds is 3. The molecule has 1 aliphatic heterocycles. The molecule has 5 heteroatoms. The molecule has 1 atom stereocenters. The van der Waals surface area contributed by atoms with Gasteiger partial charge in [-0.3, -0.25) is 5.32 Å².